The van der Waals surface area contributed by atoms with Crippen LogP contribution in [0, 0.1) is 0 Å². The molecule has 1 atom stereocenters. The second-order valence-corrected chi connectivity index (χ2v) is 11.4. The summed E-state index contributed by atoms with van der Waals surface area (Å²) in [6, 6.07) is 7.84. The molecular formula is C14H22O3Si. The maximum Gasteiger partial charge on any atom is 0.313 e. The SMILES string of the molecule is CC(C(=O)OCC[Si](C)(C)C)c1ccccc1O. The monoisotopic (exact) mass is 266 g/mol. The van der Waals surface area contributed by atoms with Gasteiger partial charge in [0.05, 0.1) is 12.5 Å². The Morgan fingerprint density at radius 3 is 2.50 bits per heavy atom. The van der Waals surface area contributed by atoms with Crippen LogP contribution in [0.25, 0.3) is 0 Å². The van der Waals surface area contributed by atoms with Crippen LogP contribution in [0.15, 0.2) is 24.3 Å². The predicted molar refractivity (Wildman–Crippen MR) is 75.6 cm³/mol. The lowest BCUT2D eigenvalue weighted by atomic mass is 10.0. The van der Waals surface area contributed by atoms with E-state index in [2.05, 4.69) is 19.6 Å². The molecule has 0 aliphatic rings. The Balaban J connectivity index is 2.55. The fourth-order valence-corrected chi connectivity index (χ4v) is 2.28. The second kappa shape index (κ2) is 6.04. The van der Waals surface area contributed by atoms with Gasteiger partial charge >= 0.3 is 5.97 Å². The molecule has 0 bridgehead atoms. The van der Waals surface area contributed by atoms with Gasteiger partial charge in [-0.1, -0.05) is 37.8 Å². The van der Waals surface area contributed by atoms with Crippen molar-refractivity contribution >= 4 is 14.0 Å². The van der Waals surface area contributed by atoms with Crippen molar-refractivity contribution in [2.24, 2.45) is 0 Å². The standard InChI is InChI=1S/C14H22O3Si/c1-11(12-7-5-6-8-13(12)15)14(16)17-9-10-18(2,3)4/h5-8,11,15H,9-10H2,1-4H3. The van der Waals surface area contributed by atoms with Gasteiger partial charge < -0.3 is 9.84 Å². The van der Waals surface area contributed by atoms with Crippen molar-refractivity contribution in [1.29, 1.82) is 0 Å². The lowest BCUT2D eigenvalue weighted by molar-refractivity contribution is -0.144. The van der Waals surface area contributed by atoms with Crippen molar-refractivity contribution in [3.63, 3.8) is 0 Å². The van der Waals surface area contributed by atoms with Crippen LogP contribution in [-0.4, -0.2) is 25.8 Å². The molecule has 4 heteroatoms. The maximum absolute atomic E-state index is 11.9. The third-order valence-corrected chi connectivity index (χ3v) is 4.56. The molecule has 0 aliphatic carbocycles. The van der Waals surface area contributed by atoms with E-state index in [9.17, 15) is 9.90 Å². The van der Waals surface area contributed by atoms with E-state index >= 15 is 0 Å². The van der Waals surface area contributed by atoms with Gasteiger partial charge in [-0.25, -0.2) is 0 Å². The van der Waals surface area contributed by atoms with Crippen molar-refractivity contribution in [3.05, 3.63) is 29.8 Å². The molecule has 0 spiro atoms. The molecule has 1 aromatic rings. The molecule has 0 saturated heterocycles. The number of aromatic hydroxyl groups is 1. The Morgan fingerprint density at radius 1 is 1.33 bits per heavy atom. The van der Waals surface area contributed by atoms with Crippen LogP contribution in [0.3, 0.4) is 0 Å². The van der Waals surface area contributed by atoms with Crippen molar-refractivity contribution in [1.82, 2.24) is 0 Å². The van der Waals surface area contributed by atoms with Gasteiger partial charge in [-0.05, 0) is 19.0 Å². The summed E-state index contributed by atoms with van der Waals surface area (Å²) in [4.78, 5) is 11.9. The van der Waals surface area contributed by atoms with Crippen LogP contribution < -0.4 is 0 Å². The molecule has 1 aromatic carbocycles. The summed E-state index contributed by atoms with van der Waals surface area (Å²) in [6.07, 6.45) is 0. The van der Waals surface area contributed by atoms with Gasteiger partial charge in [0.15, 0.2) is 0 Å². The van der Waals surface area contributed by atoms with Crippen LogP contribution >= 0.6 is 0 Å². The number of hydrogen-bond donors (Lipinski definition) is 1. The summed E-state index contributed by atoms with van der Waals surface area (Å²) in [7, 11) is -1.18. The number of carbonyl (C=O) groups excluding carboxylic acids is 1. The molecule has 1 unspecified atom stereocenters. The molecule has 18 heavy (non-hydrogen) atoms. The number of benzene rings is 1. The number of para-hydroxylation sites is 1. The predicted octanol–water partition coefficient (Wildman–Crippen LogP) is 3.38. The molecule has 100 valence electrons. The largest absolute Gasteiger partial charge is 0.508 e. The van der Waals surface area contributed by atoms with E-state index in [4.69, 9.17) is 4.74 Å². The third-order valence-electron chi connectivity index (χ3n) is 2.85. The first-order valence-electron chi connectivity index (χ1n) is 6.26. The first kappa shape index (κ1) is 14.8. The molecule has 1 rings (SSSR count). The highest BCUT2D eigenvalue weighted by Crippen LogP contribution is 2.26. The molecule has 0 heterocycles. The van der Waals surface area contributed by atoms with Gasteiger partial charge in [0.1, 0.15) is 5.75 Å². The van der Waals surface area contributed by atoms with Crippen LogP contribution in [0.1, 0.15) is 18.4 Å². The normalized spacial score (nSPS) is 13.1. The van der Waals surface area contributed by atoms with Crippen LogP contribution in [-0.2, 0) is 9.53 Å². The summed E-state index contributed by atoms with van der Waals surface area (Å²) < 4.78 is 5.27. The van der Waals surface area contributed by atoms with Crippen LogP contribution in [0.5, 0.6) is 5.75 Å². The second-order valence-electron chi connectivity index (χ2n) is 5.76. The molecular weight excluding hydrogens is 244 g/mol. The van der Waals surface area contributed by atoms with Crippen molar-refractivity contribution in [3.8, 4) is 5.75 Å². The zero-order valence-corrected chi connectivity index (χ0v) is 12.6. The van der Waals surface area contributed by atoms with E-state index < -0.39 is 14.0 Å². The average molecular weight is 266 g/mol. The fraction of sp³-hybridized carbons (Fsp3) is 0.500. The molecule has 0 saturated carbocycles. The smallest absolute Gasteiger partial charge is 0.313 e. The summed E-state index contributed by atoms with van der Waals surface area (Å²) in [5, 5.41) is 9.68. The summed E-state index contributed by atoms with van der Waals surface area (Å²) in [5.41, 5.74) is 0.621. The van der Waals surface area contributed by atoms with E-state index in [1.807, 2.05) is 0 Å². The summed E-state index contributed by atoms with van der Waals surface area (Å²) in [5.74, 6) is -0.547. The number of hydrogen-bond acceptors (Lipinski definition) is 3. The fourth-order valence-electron chi connectivity index (χ4n) is 1.56. The summed E-state index contributed by atoms with van der Waals surface area (Å²) >= 11 is 0. The Morgan fingerprint density at radius 2 is 1.94 bits per heavy atom. The van der Waals surface area contributed by atoms with Gasteiger partial charge in [-0.15, -0.1) is 0 Å². The quantitative estimate of drug-likeness (QED) is 0.656. The van der Waals surface area contributed by atoms with Gasteiger partial charge in [-0.2, -0.15) is 0 Å². The van der Waals surface area contributed by atoms with E-state index in [1.54, 1.807) is 31.2 Å². The highest BCUT2D eigenvalue weighted by molar-refractivity contribution is 6.76. The molecule has 0 amide bonds. The zero-order chi connectivity index (χ0) is 13.8. The van der Waals surface area contributed by atoms with Crippen LogP contribution in [0.2, 0.25) is 25.7 Å². The minimum atomic E-state index is -1.18. The van der Waals surface area contributed by atoms with E-state index in [1.165, 1.54) is 0 Å². The molecule has 0 radical (unpaired) electrons. The molecule has 0 aromatic heterocycles. The third kappa shape index (κ3) is 4.53. The highest BCUT2D eigenvalue weighted by Gasteiger charge is 2.20. The molecule has 3 nitrogen and oxygen atoms in total. The van der Waals surface area contributed by atoms with Crippen molar-refractivity contribution in [2.45, 2.75) is 38.5 Å². The Kier molecular flexibility index (Phi) is 4.96. The van der Waals surface area contributed by atoms with Crippen LogP contribution in [0.4, 0.5) is 0 Å². The number of phenolic OH excluding ortho intramolecular Hbond substituents is 1. The van der Waals surface area contributed by atoms with E-state index in [0.717, 1.165) is 6.04 Å². The first-order chi connectivity index (χ1) is 8.31. The number of ether oxygens (including phenoxy) is 1. The number of rotatable bonds is 5. The Bertz CT molecular complexity index is 410. The Hall–Kier alpha value is -1.29. The summed E-state index contributed by atoms with van der Waals surface area (Å²) in [6.45, 7) is 8.96. The number of phenols is 1. The van der Waals surface area contributed by atoms with Crippen molar-refractivity contribution in [2.75, 3.05) is 6.61 Å². The average Bonchev–Trinajstić information content (AvgIpc) is 2.27. The highest BCUT2D eigenvalue weighted by atomic mass is 28.3. The molecule has 0 fully saturated rings. The Labute approximate surface area is 110 Å². The van der Waals surface area contributed by atoms with Crippen molar-refractivity contribution < 1.29 is 14.6 Å². The molecule has 1 N–H and O–H groups in total. The lowest BCUT2D eigenvalue weighted by Gasteiger charge is -2.17. The van der Waals surface area contributed by atoms with Gasteiger partial charge in [0.2, 0.25) is 0 Å². The maximum atomic E-state index is 11.9. The first-order valence-corrected chi connectivity index (χ1v) is 9.96. The zero-order valence-electron chi connectivity index (χ0n) is 11.6. The number of esters is 1. The van der Waals surface area contributed by atoms with E-state index in [0.29, 0.717) is 12.2 Å². The topological polar surface area (TPSA) is 46.5 Å². The van der Waals surface area contributed by atoms with Gasteiger partial charge in [0, 0.05) is 13.6 Å². The minimum absolute atomic E-state index is 0.146. The molecule has 0 aliphatic heterocycles. The lowest BCUT2D eigenvalue weighted by Crippen LogP contribution is -2.23. The number of carbonyl (C=O) groups is 1. The minimum Gasteiger partial charge on any atom is -0.508 e. The van der Waals surface area contributed by atoms with Gasteiger partial charge in [0.25, 0.3) is 0 Å². The van der Waals surface area contributed by atoms with Gasteiger partial charge in [-0.3, -0.25) is 4.79 Å². The van der Waals surface area contributed by atoms with E-state index in [-0.39, 0.29) is 11.7 Å².